The summed E-state index contributed by atoms with van der Waals surface area (Å²) in [4.78, 5) is 4.34. The van der Waals surface area contributed by atoms with E-state index in [1.165, 1.54) is 6.20 Å². The van der Waals surface area contributed by atoms with Gasteiger partial charge >= 0.3 is 0 Å². The number of rotatable bonds is 5. The highest BCUT2D eigenvalue weighted by atomic mass is 32.2. The van der Waals surface area contributed by atoms with Gasteiger partial charge in [-0.3, -0.25) is 4.98 Å². The Bertz CT molecular complexity index is 682. The standard InChI is InChI=1S/C14H16N2O3S/c1-2-20(18,19)14-6-4-3-5-13(14)16-9-11-7-8-12(17)10-15-11/h3-8,10,16-17H,2,9H2,1H3. The minimum atomic E-state index is -3.26. The van der Waals surface area contributed by atoms with E-state index in [1.54, 1.807) is 43.3 Å². The van der Waals surface area contributed by atoms with Gasteiger partial charge in [-0.1, -0.05) is 19.1 Å². The molecule has 0 fully saturated rings. The number of pyridine rings is 1. The zero-order chi connectivity index (χ0) is 14.6. The average molecular weight is 292 g/mol. The summed E-state index contributed by atoms with van der Waals surface area (Å²) in [5, 5.41) is 12.2. The van der Waals surface area contributed by atoms with Crippen LogP contribution in [0.5, 0.6) is 5.75 Å². The summed E-state index contributed by atoms with van der Waals surface area (Å²) in [7, 11) is -3.26. The Morgan fingerprint density at radius 2 is 1.95 bits per heavy atom. The van der Waals surface area contributed by atoms with E-state index < -0.39 is 9.84 Å². The lowest BCUT2D eigenvalue weighted by molar-refractivity contribution is 0.472. The first-order valence-electron chi connectivity index (χ1n) is 6.22. The number of hydrogen-bond donors (Lipinski definition) is 2. The summed E-state index contributed by atoms with van der Waals surface area (Å²) >= 11 is 0. The first-order chi connectivity index (χ1) is 9.53. The highest BCUT2D eigenvalue weighted by Crippen LogP contribution is 2.22. The second kappa shape index (κ2) is 5.92. The number of aromatic nitrogens is 1. The number of aromatic hydroxyl groups is 1. The van der Waals surface area contributed by atoms with Crippen LogP contribution in [0, 0.1) is 0 Å². The van der Waals surface area contributed by atoms with Crippen molar-refractivity contribution < 1.29 is 13.5 Å². The predicted octanol–water partition coefficient (Wildman–Crippen LogP) is 2.19. The fourth-order valence-electron chi connectivity index (χ4n) is 1.75. The molecule has 2 rings (SSSR count). The molecule has 2 N–H and O–H groups in total. The SMILES string of the molecule is CCS(=O)(=O)c1ccccc1NCc1ccc(O)cn1. The van der Waals surface area contributed by atoms with Gasteiger partial charge in [-0.05, 0) is 24.3 Å². The van der Waals surface area contributed by atoms with E-state index in [1.807, 2.05) is 0 Å². The molecule has 0 saturated carbocycles. The molecular weight excluding hydrogens is 276 g/mol. The number of para-hydroxylation sites is 1. The summed E-state index contributed by atoms with van der Waals surface area (Å²) in [6, 6.07) is 10.0. The monoisotopic (exact) mass is 292 g/mol. The van der Waals surface area contributed by atoms with E-state index in [2.05, 4.69) is 10.3 Å². The second-order valence-corrected chi connectivity index (χ2v) is 6.51. The number of anilines is 1. The topological polar surface area (TPSA) is 79.3 Å². The largest absolute Gasteiger partial charge is 0.506 e. The minimum Gasteiger partial charge on any atom is -0.506 e. The van der Waals surface area contributed by atoms with Crippen molar-refractivity contribution in [3.8, 4) is 5.75 Å². The Labute approximate surface area is 118 Å². The van der Waals surface area contributed by atoms with Crippen molar-refractivity contribution in [1.82, 2.24) is 4.98 Å². The Hall–Kier alpha value is -2.08. The zero-order valence-electron chi connectivity index (χ0n) is 11.1. The van der Waals surface area contributed by atoms with Gasteiger partial charge in [0.15, 0.2) is 9.84 Å². The second-order valence-electron chi connectivity index (χ2n) is 4.26. The molecule has 0 aliphatic carbocycles. The number of nitrogens with zero attached hydrogens (tertiary/aromatic N) is 1. The molecule has 106 valence electrons. The van der Waals surface area contributed by atoms with Crippen LogP contribution in [-0.2, 0) is 16.4 Å². The van der Waals surface area contributed by atoms with Gasteiger partial charge < -0.3 is 10.4 Å². The number of sulfone groups is 1. The van der Waals surface area contributed by atoms with Gasteiger partial charge in [0.1, 0.15) is 5.75 Å². The summed E-state index contributed by atoms with van der Waals surface area (Å²) in [5.74, 6) is 0.158. The van der Waals surface area contributed by atoms with Crippen LogP contribution in [0.4, 0.5) is 5.69 Å². The number of hydrogen-bond acceptors (Lipinski definition) is 5. The van der Waals surface area contributed by atoms with Crippen LogP contribution in [0.1, 0.15) is 12.6 Å². The van der Waals surface area contributed by atoms with Gasteiger partial charge in [-0.15, -0.1) is 0 Å². The van der Waals surface area contributed by atoms with Crippen molar-refractivity contribution in [2.45, 2.75) is 18.4 Å². The highest BCUT2D eigenvalue weighted by molar-refractivity contribution is 7.91. The number of benzene rings is 1. The van der Waals surface area contributed by atoms with E-state index in [9.17, 15) is 8.42 Å². The third-order valence-corrected chi connectivity index (χ3v) is 4.66. The first kappa shape index (κ1) is 14.3. The van der Waals surface area contributed by atoms with Crippen molar-refractivity contribution in [2.75, 3.05) is 11.1 Å². The van der Waals surface area contributed by atoms with Gasteiger partial charge in [0.05, 0.1) is 34.8 Å². The van der Waals surface area contributed by atoms with Crippen LogP contribution in [0.15, 0.2) is 47.5 Å². The maximum Gasteiger partial charge on any atom is 0.180 e. The lowest BCUT2D eigenvalue weighted by Gasteiger charge is -2.11. The molecule has 20 heavy (non-hydrogen) atoms. The maximum absolute atomic E-state index is 12.0. The molecule has 2 aromatic rings. The molecule has 0 amide bonds. The van der Waals surface area contributed by atoms with E-state index in [4.69, 9.17) is 5.11 Å². The van der Waals surface area contributed by atoms with E-state index in [-0.39, 0.29) is 11.5 Å². The molecule has 1 heterocycles. The van der Waals surface area contributed by atoms with Crippen LogP contribution in [-0.4, -0.2) is 24.3 Å². The molecule has 0 aliphatic rings. The molecule has 1 aromatic heterocycles. The van der Waals surface area contributed by atoms with Gasteiger partial charge in [0.2, 0.25) is 0 Å². The summed E-state index contributed by atoms with van der Waals surface area (Å²) in [6.07, 6.45) is 1.35. The van der Waals surface area contributed by atoms with Crippen molar-refractivity contribution in [3.05, 3.63) is 48.3 Å². The molecule has 0 radical (unpaired) electrons. The molecule has 0 bridgehead atoms. The van der Waals surface area contributed by atoms with E-state index >= 15 is 0 Å². The Morgan fingerprint density at radius 3 is 2.60 bits per heavy atom. The fourth-order valence-corrected chi connectivity index (χ4v) is 2.82. The summed E-state index contributed by atoms with van der Waals surface area (Å²) in [6.45, 7) is 2.00. The Kier molecular flexibility index (Phi) is 4.24. The van der Waals surface area contributed by atoms with Gasteiger partial charge in [-0.2, -0.15) is 0 Å². The zero-order valence-corrected chi connectivity index (χ0v) is 11.9. The molecule has 0 unspecified atom stereocenters. The normalized spacial score (nSPS) is 11.2. The molecule has 6 heteroatoms. The fraction of sp³-hybridized carbons (Fsp3) is 0.214. The number of nitrogens with one attached hydrogen (secondary N) is 1. The van der Waals surface area contributed by atoms with Crippen molar-refractivity contribution in [2.24, 2.45) is 0 Å². The quantitative estimate of drug-likeness (QED) is 0.883. The van der Waals surface area contributed by atoms with E-state index in [0.29, 0.717) is 22.8 Å². The molecule has 0 saturated heterocycles. The van der Waals surface area contributed by atoms with Gasteiger partial charge in [0, 0.05) is 0 Å². The van der Waals surface area contributed by atoms with Crippen LogP contribution >= 0.6 is 0 Å². The lowest BCUT2D eigenvalue weighted by atomic mass is 10.3. The minimum absolute atomic E-state index is 0.0587. The molecule has 5 nitrogen and oxygen atoms in total. The lowest BCUT2D eigenvalue weighted by Crippen LogP contribution is -2.09. The summed E-state index contributed by atoms with van der Waals surface area (Å²) in [5.41, 5.74) is 1.27. The molecule has 0 spiro atoms. The average Bonchev–Trinajstić information content (AvgIpc) is 2.47. The smallest absolute Gasteiger partial charge is 0.180 e. The molecule has 1 aromatic carbocycles. The maximum atomic E-state index is 12.0. The first-order valence-corrected chi connectivity index (χ1v) is 7.87. The Balaban J connectivity index is 2.20. The third-order valence-electron chi connectivity index (χ3n) is 2.87. The summed E-state index contributed by atoms with van der Waals surface area (Å²) < 4.78 is 24.0. The van der Waals surface area contributed by atoms with Gasteiger partial charge in [0.25, 0.3) is 0 Å². The van der Waals surface area contributed by atoms with Crippen molar-refractivity contribution >= 4 is 15.5 Å². The molecular formula is C14H16N2O3S. The molecule has 0 atom stereocenters. The van der Waals surface area contributed by atoms with E-state index in [0.717, 1.165) is 0 Å². The third kappa shape index (κ3) is 3.27. The van der Waals surface area contributed by atoms with Crippen molar-refractivity contribution in [3.63, 3.8) is 0 Å². The van der Waals surface area contributed by atoms with Gasteiger partial charge in [-0.25, -0.2) is 8.42 Å². The van der Waals surface area contributed by atoms with Crippen LogP contribution in [0.3, 0.4) is 0 Å². The molecule has 0 aliphatic heterocycles. The van der Waals surface area contributed by atoms with Crippen LogP contribution in [0.25, 0.3) is 0 Å². The highest BCUT2D eigenvalue weighted by Gasteiger charge is 2.15. The van der Waals surface area contributed by atoms with Crippen LogP contribution in [0.2, 0.25) is 0 Å². The predicted molar refractivity (Wildman–Crippen MR) is 77.4 cm³/mol. The van der Waals surface area contributed by atoms with Crippen molar-refractivity contribution in [1.29, 1.82) is 0 Å². The van der Waals surface area contributed by atoms with Crippen LogP contribution < -0.4 is 5.32 Å². The Morgan fingerprint density at radius 1 is 1.20 bits per heavy atom.